The zero-order valence-electron chi connectivity index (χ0n) is 7.34. The molecule has 0 heterocycles. The van der Waals surface area contributed by atoms with Crippen molar-refractivity contribution in [3.8, 4) is 0 Å². The Morgan fingerprint density at radius 1 is 1.07 bits per heavy atom. The minimum absolute atomic E-state index is 0. The third kappa shape index (κ3) is 5.83. The molecule has 5 heteroatoms. The maximum absolute atomic E-state index is 11.6. The van der Waals surface area contributed by atoms with E-state index in [2.05, 4.69) is 0 Å². The lowest BCUT2D eigenvalue weighted by molar-refractivity contribution is -0.156. The van der Waals surface area contributed by atoms with E-state index in [9.17, 15) is 13.2 Å². The van der Waals surface area contributed by atoms with E-state index in [1.54, 1.807) is 12.1 Å². The molecule has 0 saturated heterocycles. The lowest BCUT2D eigenvalue weighted by Gasteiger charge is -2.07. The Morgan fingerprint density at radius 3 is 2.14 bits per heavy atom. The first-order valence-corrected chi connectivity index (χ1v) is 3.93. The molecule has 0 amide bonds. The molecule has 1 aromatic rings. The molecule has 0 bridgehead atoms. The first kappa shape index (κ1) is 13.3. The molecular formula is C9H11ClF3N. The highest BCUT2D eigenvalue weighted by atomic mass is 35.5. The van der Waals surface area contributed by atoms with Crippen molar-refractivity contribution < 1.29 is 13.2 Å². The van der Waals surface area contributed by atoms with Crippen molar-refractivity contribution in [2.24, 2.45) is 0 Å². The van der Waals surface area contributed by atoms with Crippen molar-refractivity contribution in [3.63, 3.8) is 0 Å². The van der Waals surface area contributed by atoms with Gasteiger partial charge in [0, 0.05) is 6.54 Å². The topological polar surface area (TPSA) is 12.0 Å². The van der Waals surface area contributed by atoms with Crippen LogP contribution in [-0.4, -0.2) is 12.8 Å². The molecular weight excluding hydrogens is 215 g/mol. The maximum Gasteiger partial charge on any atom is 0.457 e. The Balaban J connectivity index is 0.00000169. The van der Waals surface area contributed by atoms with E-state index in [-0.39, 0.29) is 19.0 Å². The number of alkyl halides is 3. The molecule has 0 atom stereocenters. The summed E-state index contributed by atoms with van der Waals surface area (Å²) in [6.45, 7) is -0.0759. The number of nitrogens with one attached hydrogen (secondary N) is 1. The van der Waals surface area contributed by atoms with Gasteiger partial charge in [0.25, 0.3) is 0 Å². The van der Waals surface area contributed by atoms with Crippen LogP contribution in [0.4, 0.5) is 13.2 Å². The van der Waals surface area contributed by atoms with Gasteiger partial charge in [-0.15, -0.1) is 12.4 Å². The average Bonchev–Trinajstić information content (AvgIpc) is 2.04. The van der Waals surface area contributed by atoms with E-state index in [1.165, 1.54) is 5.32 Å². The van der Waals surface area contributed by atoms with Crippen LogP contribution in [0.2, 0.25) is 0 Å². The first-order valence-electron chi connectivity index (χ1n) is 3.93. The highest BCUT2D eigenvalue weighted by Gasteiger charge is 2.25. The van der Waals surface area contributed by atoms with Crippen LogP contribution in [0.5, 0.6) is 0 Å². The smallest absolute Gasteiger partial charge is 0.228 e. The molecule has 0 saturated carbocycles. The van der Waals surface area contributed by atoms with Crippen molar-refractivity contribution in [1.82, 2.24) is 5.32 Å². The minimum Gasteiger partial charge on any atom is -0.228 e. The summed E-state index contributed by atoms with van der Waals surface area (Å²) in [7, 11) is 0. The molecule has 0 unspecified atom stereocenters. The second-order valence-electron chi connectivity index (χ2n) is 2.66. The van der Waals surface area contributed by atoms with Crippen molar-refractivity contribution in [2.45, 2.75) is 12.7 Å². The van der Waals surface area contributed by atoms with E-state index in [4.69, 9.17) is 0 Å². The van der Waals surface area contributed by atoms with Crippen LogP contribution in [0.25, 0.3) is 0 Å². The number of rotatable bonds is 3. The summed E-state index contributed by atoms with van der Waals surface area (Å²) in [5.41, 5.74) is 0.902. The monoisotopic (exact) mass is 225 g/mol. The third-order valence-electron chi connectivity index (χ3n) is 1.58. The van der Waals surface area contributed by atoms with Gasteiger partial charge in [0.1, 0.15) is 0 Å². The molecule has 1 nitrogen and oxygen atoms in total. The molecule has 0 radical (unpaired) electrons. The molecule has 0 spiro atoms. The molecule has 0 fully saturated rings. The zero-order valence-corrected chi connectivity index (χ0v) is 8.16. The van der Waals surface area contributed by atoms with Crippen LogP contribution in [0.15, 0.2) is 30.3 Å². The number of halogens is 4. The van der Waals surface area contributed by atoms with Gasteiger partial charge in [-0.25, -0.2) is 5.32 Å². The maximum atomic E-state index is 11.6. The lowest BCUT2D eigenvalue weighted by atomic mass is 10.1. The fourth-order valence-corrected chi connectivity index (χ4v) is 0.993. The van der Waals surface area contributed by atoms with E-state index >= 15 is 0 Å². The van der Waals surface area contributed by atoms with Crippen LogP contribution >= 0.6 is 12.4 Å². The summed E-state index contributed by atoms with van der Waals surface area (Å²) in [5.74, 6) is 0. The molecule has 1 N–H and O–H groups in total. The Kier molecular flexibility index (Phi) is 5.57. The number of benzene rings is 1. The van der Waals surface area contributed by atoms with E-state index in [0.29, 0.717) is 6.42 Å². The molecule has 0 aliphatic heterocycles. The zero-order chi connectivity index (χ0) is 9.73. The standard InChI is InChI=1S/C9H10F3N.ClH/c10-9(11,12)13-7-6-8-4-2-1-3-5-8;/h1-5,13H,6-7H2;1H. The molecule has 0 aromatic heterocycles. The van der Waals surface area contributed by atoms with Crippen molar-refractivity contribution in [1.29, 1.82) is 0 Å². The quantitative estimate of drug-likeness (QED) is 0.780. The van der Waals surface area contributed by atoms with Crippen LogP contribution in [0.3, 0.4) is 0 Å². The van der Waals surface area contributed by atoms with Crippen LogP contribution in [-0.2, 0) is 6.42 Å². The molecule has 0 aliphatic rings. The number of hydrogen-bond donors (Lipinski definition) is 1. The molecule has 0 aliphatic carbocycles. The largest absolute Gasteiger partial charge is 0.457 e. The fraction of sp³-hybridized carbons (Fsp3) is 0.333. The minimum atomic E-state index is -4.27. The van der Waals surface area contributed by atoms with E-state index in [1.807, 2.05) is 18.2 Å². The van der Waals surface area contributed by atoms with Gasteiger partial charge in [0.15, 0.2) is 0 Å². The van der Waals surface area contributed by atoms with Crippen molar-refractivity contribution in [3.05, 3.63) is 35.9 Å². The van der Waals surface area contributed by atoms with Crippen molar-refractivity contribution >= 4 is 12.4 Å². The third-order valence-corrected chi connectivity index (χ3v) is 1.58. The highest BCUT2D eigenvalue weighted by Crippen LogP contribution is 2.09. The summed E-state index contributed by atoms with van der Waals surface area (Å²) in [4.78, 5) is 0. The molecule has 80 valence electrons. The summed E-state index contributed by atoms with van der Waals surface area (Å²) < 4.78 is 34.9. The average molecular weight is 226 g/mol. The Bertz CT molecular complexity index is 248. The van der Waals surface area contributed by atoms with Gasteiger partial charge in [-0.1, -0.05) is 30.3 Å². The van der Waals surface area contributed by atoms with E-state index in [0.717, 1.165) is 5.56 Å². The van der Waals surface area contributed by atoms with Crippen LogP contribution in [0.1, 0.15) is 5.56 Å². The van der Waals surface area contributed by atoms with Crippen molar-refractivity contribution in [2.75, 3.05) is 6.54 Å². The second-order valence-corrected chi connectivity index (χ2v) is 2.66. The summed E-state index contributed by atoms with van der Waals surface area (Å²) in [6.07, 6.45) is -3.88. The van der Waals surface area contributed by atoms with Gasteiger partial charge in [-0.05, 0) is 12.0 Å². The Labute approximate surface area is 86.7 Å². The predicted octanol–water partition coefficient (Wildman–Crippen LogP) is 2.76. The molecule has 1 aromatic carbocycles. The molecule has 14 heavy (non-hydrogen) atoms. The SMILES string of the molecule is Cl.FC(F)(F)NCCc1ccccc1. The Morgan fingerprint density at radius 2 is 1.64 bits per heavy atom. The molecule has 1 rings (SSSR count). The summed E-state index contributed by atoms with van der Waals surface area (Å²) in [5, 5.41) is 1.47. The van der Waals surface area contributed by atoms with Crippen LogP contribution < -0.4 is 5.32 Å². The first-order chi connectivity index (χ1) is 6.08. The van der Waals surface area contributed by atoms with Gasteiger partial charge in [-0.2, -0.15) is 13.2 Å². The van der Waals surface area contributed by atoms with Gasteiger partial charge in [0.2, 0.25) is 0 Å². The number of hydrogen-bond acceptors (Lipinski definition) is 1. The van der Waals surface area contributed by atoms with Gasteiger partial charge in [0.05, 0.1) is 0 Å². The second kappa shape index (κ2) is 5.88. The summed E-state index contributed by atoms with van der Waals surface area (Å²) in [6, 6.07) is 9.06. The van der Waals surface area contributed by atoms with Crippen LogP contribution in [0, 0.1) is 0 Å². The fourth-order valence-electron chi connectivity index (χ4n) is 0.993. The van der Waals surface area contributed by atoms with E-state index < -0.39 is 6.30 Å². The normalized spacial score (nSPS) is 10.8. The lowest BCUT2D eigenvalue weighted by Crippen LogP contribution is -2.33. The predicted molar refractivity (Wildman–Crippen MR) is 51.5 cm³/mol. The Hall–Kier alpha value is -0.740. The highest BCUT2D eigenvalue weighted by molar-refractivity contribution is 5.85. The van der Waals surface area contributed by atoms with Gasteiger partial charge >= 0.3 is 6.30 Å². The van der Waals surface area contributed by atoms with Gasteiger partial charge in [-0.3, -0.25) is 0 Å². The van der Waals surface area contributed by atoms with Gasteiger partial charge < -0.3 is 0 Å². The summed E-state index contributed by atoms with van der Waals surface area (Å²) >= 11 is 0.